The first-order chi connectivity index (χ1) is 12.4. The van der Waals surface area contributed by atoms with E-state index in [9.17, 15) is 0 Å². The van der Waals surface area contributed by atoms with Gasteiger partial charge in [-0.3, -0.25) is 0 Å². The van der Waals surface area contributed by atoms with Crippen LogP contribution in [0, 0.1) is 33.5 Å². The summed E-state index contributed by atoms with van der Waals surface area (Å²) in [5.74, 6) is 2.02. The van der Waals surface area contributed by atoms with Crippen molar-refractivity contribution >= 4 is 0 Å². The van der Waals surface area contributed by atoms with E-state index in [2.05, 4.69) is 83.1 Å². The molecule has 0 atom stereocenters. The minimum Gasteiger partial charge on any atom is -0.0602 e. The van der Waals surface area contributed by atoms with Crippen molar-refractivity contribution in [1.82, 2.24) is 0 Å². The summed E-state index contributed by atoms with van der Waals surface area (Å²) < 4.78 is 0. The van der Waals surface area contributed by atoms with Gasteiger partial charge in [0, 0.05) is 0 Å². The number of rotatable bonds is 5. The van der Waals surface area contributed by atoms with Crippen molar-refractivity contribution in [3.8, 4) is 0 Å². The summed E-state index contributed by atoms with van der Waals surface area (Å²) >= 11 is 0. The van der Waals surface area contributed by atoms with Crippen molar-refractivity contribution in [2.45, 2.75) is 147 Å². The molecule has 170 valence electrons. The van der Waals surface area contributed by atoms with E-state index in [1.807, 2.05) is 0 Å². The third kappa shape index (κ3) is 19.3. The molecule has 0 aromatic carbocycles. The number of unbranched alkanes of at least 4 members (excludes halogenated alkanes) is 1. The Kier molecular flexibility index (Phi) is 11.4. The minimum absolute atomic E-state index is 0.526. The maximum atomic E-state index is 2.38. The third-order valence-corrected chi connectivity index (χ3v) is 5.87. The van der Waals surface area contributed by atoms with Crippen LogP contribution in [0.2, 0.25) is 0 Å². The molecule has 0 heterocycles. The molecule has 0 nitrogen and oxygen atoms in total. The minimum atomic E-state index is 0.526. The van der Waals surface area contributed by atoms with Crippen molar-refractivity contribution < 1.29 is 0 Å². The smallest absolute Gasteiger partial charge is 0.0380 e. The van der Waals surface area contributed by atoms with Crippen LogP contribution < -0.4 is 0 Å². The monoisotopic (exact) mass is 394 g/mol. The van der Waals surface area contributed by atoms with Crippen molar-refractivity contribution in [2.75, 3.05) is 0 Å². The van der Waals surface area contributed by atoms with Crippen LogP contribution in [-0.4, -0.2) is 0 Å². The molecule has 1 rings (SSSR count). The molecule has 0 amide bonds. The Hall–Kier alpha value is 0. The molecule has 1 saturated carbocycles. The van der Waals surface area contributed by atoms with E-state index in [1.54, 1.807) is 0 Å². The van der Waals surface area contributed by atoms with E-state index in [0.29, 0.717) is 21.7 Å². The Morgan fingerprint density at radius 2 is 0.679 bits per heavy atom. The van der Waals surface area contributed by atoms with Crippen molar-refractivity contribution in [1.29, 1.82) is 0 Å². The second-order valence-electron chi connectivity index (χ2n) is 14.7. The first kappa shape index (κ1) is 28.0. The van der Waals surface area contributed by atoms with Gasteiger partial charge in [0.2, 0.25) is 0 Å². The summed E-state index contributed by atoms with van der Waals surface area (Å²) in [5, 5.41) is 0. The highest BCUT2D eigenvalue weighted by Crippen LogP contribution is 2.40. The van der Waals surface area contributed by atoms with E-state index in [1.165, 1.54) is 64.2 Å². The highest BCUT2D eigenvalue weighted by atomic mass is 14.3. The van der Waals surface area contributed by atoms with Gasteiger partial charge < -0.3 is 0 Å². The Morgan fingerprint density at radius 3 is 0.857 bits per heavy atom. The maximum Gasteiger partial charge on any atom is -0.0380 e. The Labute approximate surface area is 181 Å². The van der Waals surface area contributed by atoms with E-state index < -0.39 is 0 Å². The molecule has 28 heavy (non-hydrogen) atoms. The molecule has 1 fully saturated rings. The molecule has 0 heteroatoms. The van der Waals surface area contributed by atoms with Gasteiger partial charge in [-0.15, -0.1) is 0 Å². The van der Waals surface area contributed by atoms with Crippen LogP contribution in [0.15, 0.2) is 0 Å². The highest BCUT2D eigenvalue weighted by molar-refractivity contribution is 4.79. The molecule has 0 saturated heterocycles. The lowest BCUT2D eigenvalue weighted by molar-refractivity contribution is 0.171. The number of hydrogen-bond donors (Lipinski definition) is 0. The van der Waals surface area contributed by atoms with Crippen LogP contribution in [-0.2, 0) is 0 Å². The summed E-state index contributed by atoms with van der Waals surface area (Å²) in [5.41, 5.74) is 2.11. The molecular formula is C28H58. The zero-order valence-corrected chi connectivity index (χ0v) is 22.2. The van der Waals surface area contributed by atoms with Crippen molar-refractivity contribution in [2.24, 2.45) is 33.5 Å². The van der Waals surface area contributed by atoms with Gasteiger partial charge in [0.05, 0.1) is 0 Å². The maximum absolute atomic E-state index is 2.38. The van der Waals surface area contributed by atoms with Gasteiger partial charge in [0.1, 0.15) is 0 Å². The SMILES string of the molecule is CC(C)(C)CC1CCC(CC(C)(C)C)CC1.CC(C)(C)CCCCC(C)(C)C. The van der Waals surface area contributed by atoms with Gasteiger partial charge in [-0.1, -0.05) is 122 Å². The van der Waals surface area contributed by atoms with E-state index in [4.69, 9.17) is 0 Å². The lowest BCUT2D eigenvalue weighted by Gasteiger charge is -2.35. The lowest BCUT2D eigenvalue weighted by Crippen LogP contribution is -2.22. The quantitative estimate of drug-likeness (QED) is 0.407. The topological polar surface area (TPSA) is 0 Å². The lowest BCUT2D eigenvalue weighted by atomic mass is 9.71. The predicted molar refractivity (Wildman–Crippen MR) is 131 cm³/mol. The van der Waals surface area contributed by atoms with Crippen LogP contribution in [0.25, 0.3) is 0 Å². The van der Waals surface area contributed by atoms with Gasteiger partial charge >= 0.3 is 0 Å². The third-order valence-electron chi connectivity index (χ3n) is 5.87. The molecule has 1 aliphatic rings. The van der Waals surface area contributed by atoms with Gasteiger partial charge in [-0.05, 0) is 59.2 Å². The van der Waals surface area contributed by atoms with Crippen molar-refractivity contribution in [3.05, 3.63) is 0 Å². The molecule has 0 spiro atoms. The predicted octanol–water partition coefficient (Wildman–Crippen LogP) is 10.3. The van der Waals surface area contributed by atoms with Crippen LogP contribution >= 0.6 is 0 Å². The zero-order valence-electron chi connectivity index (χ0n) is 22.2. The second kappa shape index (κ2) is 11.4. The van der Waals surface area contributed by atoms with Crippen LogP contribution in [0.3, 0.4) is 0 Å². The number of hydrogen-bond acceptors (Lipinski definition) is 0. The van der Waals surface area contributed by atoms with E-state index in [-0.39, 0.29) is 0 Å². The summed E-state index contributed by atoms with van der Waals surface area (Å²) in [6, 6.07) is 0. The highest BCUT2D eigenvalue weighted by Gasteiger charge is 2.27. The second-order valence-corrected chi connectivity index (χ2v) is 14.7. The van der Waals surface area contributed by atoms with Gasteiger partial charge in [0.15, 0.2) is 0 Å². The molecular weight excluding hydrogens is 336 g/mol. The average Bonchev–Trinajstić information content (AvgIpc) is 2.42. The molecule has 0 aromatic heterocycles. The van der Waals surface area contributed by atoms with Crippen LogP contribution in [0.1, 0.15) is 147 Å². The van der Waals surface area contributed by atoms with Gasteiger partial charge in [-0.2, -0.15) is 0 Å². The Bertz CT molecular complexity index is 340. The van der Waals surface area contributed by atoms with Gasteiger partial charge in [0.25, 0.3) is 0 Å². The van der Waals surface area contributed by atoms with Crippen LogP contribution in [0.4, 0.5) is 0 Å². The summed E-state index contributed by atoms with van der Waals surface area (Å²) in [6.45, 7) is 28.2. The fourth-order valence-electron chi connectivity index (χ4n) is 4.68. The molecule has 0 N–H and O–H groups in total. The summed E-state index contributed by atoms with van der Waals surface area (Å²) in [4.78, 5) is 0. The molecule has 1 aliphatic carbocycles. The first-order valence-electron chi connectivity index (χ1n) is 12.4. The molecule has 0 aliphatic heterocycles. The van der Waals surface area contributed by atoms with E-state index in [0.717, 1.165) is 11.8 Å². The van der Waals surface area contributed by atoms with E-state index >= 15 is 0 Å². The molecule has 0 bridgehead atoms. The summed E-state index contributed by atoms with van der Waals surface area (Å²) in [6.07, 6.45) is 14.3. The summed E-state index contributed by atoms with van der Waals surface area (Å²) in [7, 11) is 0. The fourth-order valence-corrected chi connectivity index (χ4v) is 4.68. The molecule has 0 aromatic rings. The van der Waals surface area contributed by atoms with Crippen LogP contribution in [0.5, 0.6) is 0 Å². The normalized spacial score (nSPS) is 21.9. The molecule has 0 radical (unpaired) electrons. The van der Waals surface area contributed by atoms with Crippen molar-refractivity contribution in [3.63, 3.8) is 0 Å². The van der Waals surface area contributed by atoms with Gasteiger partial charge in [-0.25, -0.2) is 0 Å². The zero-order chi connectivity index (χ0) is 22.2. The molecule has 0 unspecified atom stereocenters. The standard InChI is InChI=1S/C16H32.C12H26/c1-15(2,3)11-13-7-9-14(10-8-13)12-16(4,5)6;1-11(2,3)9-7-8-10-12(4,5)6/h13-14H,7-12H2,1-6H3;7-10H2,1-6H3. The Balaban J connectivity index is 0.000000546. The fraction of sp³-hybridized carbons (Fsp3) is 1.00. The Morgan fingerprint density at radius 1 is 0.429 bits per heavy atom. The average molecular weight is 395 g/mol. The largest absolute Gasteiger partial charge is 0.0602 e. The first-order valence-corrected chi connectivity index (χ1v) is 12.4.